The molecule has 0 aromatic heterocycles. The molecule has 1 aliphatic heterocycles. The van der Waals surface area contributed by atoms with Crippen LogP contribution in [0.4, 0.5) is 4.79 Å². The molecule has 0 radical (unpaired) electrons. The standard InChI is InChI=1S/C16H24N4O5/c1-3-8-17-13(22)10(2)18-12(21)9-19-14(23)15(24)20(16(19)25)11-6-4-5-7-11/h10-11H,3-9H2,1-2H3,(H,17,22)(H,18,21)/t10-/m0/s1. The molecule has 0 bridgehead atoms. The highest BCUT2D eigenvalue weighted by Gasteiger charge is 2.48. The minimum absolute atomic E-state index is 0.268. The van der Waals surface area contributed by atoms with Crippen molar-refractivity contribution in [3.05, 3.63) is 0 Å². The lowest BCUT2D eigenvalue weighted by molar-refractivity contribution is -0.144. The number of hydrogen-bond acceptors (Lipinski definition) is 5. The molecule has 2 fully saturated rings. The largest absolute Gasteiger partial charge is 0.354 e. The van der Waals surface area contributed by atoms with E-state index in [2.05, 4.69) is 10.6 Å². The van der Waals surface area contributed by atoms with Gasteiger partial charge >= 0.3 is 17.8 Å². The molecule has 2 rings (SSSR count). The van der Waals surface area contributed by atoms with E-state index < -0.39 is 36.3 Å². The number of nitrogens with one attached hydrogen (secondary N) is 2. The van der Waals surface area contributed by atoms with E-state index in [0.29, 0.717) is 24.3 Å². The van der Waals surface area contributed by atoms with E-state index in [1.807, 2.05) is 6.92 Å². The van der Waals surface area contributed by atoms with Crippen LogP contribution >= 0.6 is 0 Å². The second-order valence-corrected chi connectivity index (χ2v) is 6.37. The van der Waals surface area contributed by atoms with Gasteiger partial charge in [0.25, 0.3) is 0 Å². The molecule has 1 heterocycles. The van der Waals surface area contributed by atoms with E-state index in [1.54, 1.807) is 0 Å². The van der Waals surface area contributed by atoms with Gasteiger partial charge in [0.2, 0.25) is 11.8 Å². The number of rotatable bonds is 7. The molecule has 0 unspecified atom stereocenters. The molecule has 2 aliphatic rings. The van der Waals surface area contributed by atoms with Crippen LogP contribution in [0.25, 0.3) is 0 Å². The van der Waals surface area contributed by atoms with Gasteiger partial charge in [0.05, 0.1) is 0 Å². The fraction of sp³-hybridized carbons (Fsp3) is 0.688. The molecular weight excluding hydrogens is 328 g/mol. The highest BCUT2D eigenvalue weighted by molar-refractivity contribution is 6.45. The van der Waals surface area contributed by atoms with Gasteiger partial charge in [0.15, 0.2) is 0 Å². The average Bonchev–Trinajstić information content (AvgIpc) is 3.16. The molecule has 9 nitrogen and oxygen atoms in total. The Morgan fingerprint density at radius 2 is 1.80 bits per heavy atom. The molecule has 9 heteroatoms. The van der Waals surface area contributed by atoms with Gasteiger partial charge in [-0.05, 0) is 26.2 Å². The molecule has 0 spiro atoms. The highest BCUT2D eigenvalue weighted by Crippen LogP contribution is 2.27. The van der Waals surface area contributed by atoms with Crippen LogP contribution in [0.5, 0.6) is 0 Å². The van der Waals surface area contributed by atoms with Gasteiger partial charge < -0.3 is 10.6 Å². The first kappa shape index (κ1) is 18.9. The molecule has 25 heavy (non-hydrogen) atoms. The third-order valence-electron chi connectivity index (χ3n) is 4.40. The van der Waals surface area contributed by atoms with Crippen molar-refractivity contribution < 1.29 is 24.0 Å². The Balaban J connectivity index is 1.93. The zero-order valence-corrected chi connectivity index (χ0v) is 14.5. The van der Waals surface area contributed by atoms with E-state index in [-0.39, 0.29) is 11.9 Å². The lowest BCUT2D eigenvalue weighted by Crippen LogP contribution is -2.49. The lowest BCUT2D eigenvalue weighted by atomic mass is 10.2. The van der Waals surface area contributed by atoms with Crippen molar-refractivity contribution in [2.24, 2.45) is 0 Å². The molecule has 138 valence electrons. The van der Waals surface area contributed by atoms with Crippen molar-refractivity contribution in [1.29, 1.82) is 0 Å². The molecule has 0 aromatic carbocycles. The Hall–Kier alpha value is -2.45. The Labute approximate surface area is 146 Å². The van der Waals surface area contributed by atoms with E-state index in [0.717, 1.165) is 24.2 Å². The summed E-state index contributed by atoms with van der Waals surface area (Å²) in [7, 11) is 0. The van der Waals surface area contributed by atoms with Crippen LogP contribution in [0, 0.1) is 0 Å². The minimum atomic E-state index is -0.991. The van der Waals surface area contributed by atoms with Crippen LogP contribution in [0.3, 0.4) is 0 Å². The highest BCUT2D eigenvalue weighted by atomic mass is 16.2. The normalized spacial score (nSPS) is 19.5. The van der Waals surface area contributed by atoms with Gasteiger partial charge in [-0.2, -0.15) is 0 Å². The summed E-state index contributed by atoms with van der Waals surface area (Å²) in [5.41, 5.74) is 0. The van der Waals surface area contributed by atoms with Crippen LogP contribution < -0.4 is 10.6 Å². The fourth-order valence-corrected chi connectivity index (χ4v) is 3.04. The molecule has 6 amide bonds. The number of hydrogen-bond donors (Lipinski definition) is 2. The SMILES string of the molecule is CCCNC(=O)[C@H](C)NC(=O)CN1C(=O)C(=O)N(C2CCCC2)C1=O. The lowest BCUT2D eigenvalue weighted by Gasteiger charge is -2.21. The summed E-state index contributed by atoms with van der Waals surface area (Å²) in [6.07, 6.45) is 3.93. The van der Waals surface area contributed by atoms with E-state index >= 15 is 0 Å². The summed E-state index contributed by atoms with van der Waals surface area (Å²) in [6, 6.07) is -1.82. The number of urea groups is 1. The van der Waals surface area contributed by atoms with Crippen molar-refractivity contribution in [3.8, 4) is 0 Å². The summed E-state index contributed by atoms with van der Waals surface area (Å²) in [6.45, 7) is 3.33. The van der Waals surface area contributed by atoms with Gasteiger partial charge in [0, 0.05) is 12.6 Å². The van der Waals surface area contributed by atoms with E-state index in [9.17, 15) is 24.0 Å². The van der Waals surface area contributed by atoms with Crippen LogP contribution in [0.15, 0.2) is 0 Å². The van der Waals surface area contributed by atoms with Gasteiger partial charge in [-0.15, -0.1) is 0 Å². The number of amides is 6. The Bertz CT molecular complexity index is 585. The molecule has 1 aliphatic carbocycles. The quantitative estimate of drug-likeness (QED) is 0.484. The first-order valence-electron chi connectivity index (χ1n) is 8.62. The minimum Gasteiger partial charge on any atom is -0.354 e. The number of carbonyl (C=O) groups is 5. The van der Waals surface area contributed by atoms with Crippen molar-refractivity contribution >= 4 is 29.7 Å². The zero-order valence-electron chi connectivity index (χ0n) is 14.5. The van der Waals surface area contributed by atoms with Gasteiger partial charge in [-0.3, -0.25) is 24.1 Å². The summed E-state index contributed by atoms with van der Waals surface area (Å²) in [4.78, 5) is 61.9. The average molecular weight is 352 g/mol. The molecule has 2 N–H and O–H groups in total. The molecule has 0 aromatic rings. The Morgan fingerprint density at radius 1 is 1.16 bits per heavy atom. The van der Waals surface area contributed by atoms with E-state index in [1.165, 1.54) is 6.92 Å². The maximum Gasteiger partial charge on any atom is 0.334 e. The van der Waals surface area contributed by atoms with Crippen molar-refractivity contribution in [3.63, 3.8) is 0 Å². The topological polar surface area (TPSA) is 116 Å². The molecule has 1 saturated carbocycles. The Morgan fingerprint density at radius 3 is 2.40 bits per heavy atom. The van der Waals surface area contributed by atoms with Crippen LogP contribution in [0.1, 0.15) is 46.0 Å². The number of nitrogens with zero attached hydrogens (tertiary/aromatic N) is 2. The number of imide groups is 2. The molecule has 1 atom stereocenters. The monoisotopic (exact) mass is 352 g/mol. The second-order valence-electron chi connectivity index (χ2n) is 6.37. The maximum atomic E-state index is 12.4. The first-order valence-corrected chi connectivity index (χ1v) is 8.62. The van der Waals surface area contributed by atoms with Crippen molar-refractivity contribution in [2.45, 2.75) is 58.0 Å². The van der Waals surface area contributed by atoms with Gasteiger partial charge in [0.1, 0.15) is 12.6 Å². The predicted octanol–water partition coefficient (Wildman–Crippen LogP) is -0.249. The van der Waals surface area contributed by atoms with Crippen LogP contribution in [-0.4, -0.2) is 64.6 Å². The molecular formula is C16H24N4O5. The van der Waals surface area contributed by atoms with Crippen molar-refractivity contribution in [2.75, 3.05) is 13.1 Å². The summed E-state index contributed by atoms with van der Waals surface area (Å²) < 4.78 is 0. The van der Waals surface area contributed by atoms with Gasteiger partial charge in [-0.1, -0.05) is 19.8 Å². The summed E-state index contributed by atoms with van der Waals surface area (Å²) in [5.74, 6) is -2.88. The van der Waals surface area contributed by atoms with Crippen molar-refractivity contribution in [1.82, 2.24) is 20.4 Å². The zero-order chi connectivity index (χ0) is 18.6. The maximum absolute atomic E-state index is 12.4. The van der Waals surface area contributed by atoms with E-state index in [4.69, 9.17) is 0 Å². The summed E-state index contributed by atoms with van der Waals surface area (Å²) >= 11 is 0. The fourth-order valence-electron chi connectivity index (χ4n) is 3.04. The smallest absolute Gasteiger partial charge is 0.334 e. The van der Waals surface area contributed by atoms with Crippen LogP contribution in [-0.2, 0) is 19.2 Å². The second kappa shape index (κ2) is 8.09. The summed E-state index contributed by atoms with van der Waals surface area (Å²) in [5, 5.41) is 5.07. The first-order chi connectivity index (χ1) is 11.9. The predicted molar refractivity (Wildman–Crippen MR) is 87.1 cm³/mol. The molecule has 1 saturated heterocycles. The number of carbonyl (C=O) groups excluding carboxylic acids is 5. The Kier molecular flexibility index (Phi) is 6.11. The third-order valence-corrected chi connectivity index (χ3v) is 4.40. The van der Waals surface area contributed by atoms with Gasteiger partial charge in [-0.25, -0.2) is 9.69 Å². The van der Waals surface area contributed by atoms with Crippen LogP contribution in [0.2, 0.25) is 0 Å². The third kappa shape index (κ3) is 4.15.